The molecule has 11 heavy (non-hydrogen) atoms. The molecule has 2 saturated carbocycles. The predicted molar refractivity (Wildman–Crippen MR) is 48.5 cm³/mol. The first-order valence-electron chi connectivity index (χ1n) is 5.36. The van der Waals surface area contributed by atoms with Crippen LogP contribution in [-0.4, -0.2) is 0 Å². The third kappa shape index (κ3) is 1.60. The average Bonchev–Trinajstić information content (AvgIpc) is 2.16. The van der Waals surface area contributed by atoms with Crippen LogP contribution in [0.3, 0.4) is 0 Å². The maximum atomic E-state index is 2.48. The zero-order valence-electron chi connectivity index (χ0n) is 7.68. The van der Waals surface area contributed by atoms with E-state index in [0.29, 0.717) is 0 Å². The van der Waals surface area contributed by atoms with Crippen molar-refractivity contribution in [2.24, 2.45) is 17.8 Å². The topological polar surface area (TPSA) is 0 Å². The first-order valence-corrected chi connectivity index (χ1v) is 5.36. The molecular weight excluding hydrogens is 132 g/mol. The minimum atomic E-state index is 1.05. The fourth-order valence-corrected chi connectivity index (χ4v) is 3.15. The molecule has 2 aliphatic rings. The molecule has 0 spiro atoms. The van der Waals surface area contributed by atoms with Crippen molar-refractivity contribution in [2.45, 2.75) is 51.9 Å². The highest BCUT2D eigenvalue weighted by Gasteiger charge is 2.27. The van der Waals surface area contributed by atoms with E-state index in [2.05, 4.69) is 6.92 Å². The zero-order valence-corrected chi connectivity index (χ0v) is 7.68. The molecule has 1 unspecified atom stereocenters. The van der Waals surface area contributed by atoms with Gasteiger partial charge in [0.15, 0.2) is 0 Å². The molecule has 2 fully saturated rings. The summed E-state index contributed by atoms with van der Waals surface area (Å²) < 4.78 is 0. The van der Waals surface area contributed by atoms with Gasteiger partial charge >= 0.3 is 0 Å². The standard InChI is InChI=1S/C11H20/c1-9-8-10-4-2-6-11(9)7-3-5-10/h9-11H,2-8H2,1H3. The largest absolute Gasteiger partial charge is 0.0622 e. The zero-order chi connectivity index (χ0) is 7.68. The van der Waals surface area contributed by atoms with Crippen LogP contribution in [0.25, 0.3) is 0 Å². The SMILES string of the molecule is CC1CC2CCCC1CCC2. The molecule has 2 bridgehead atoms. The fraction of sp³-hybridized carbons (Fsp3) is 1.00. The molecule has 0 aromatic rings. The van der Waals surface area contributed by atoms with Crippen molar-refractivity contribution >= 4 is 0 Å². The minimum Gasteiger partial charge on any atom is -0.0622 e. The van der Waals surface area contributed by atoms with Crippen LogP contribution >= 0.6 is 0 Å². The van der Waals surface area contributed by atoms with Crippen molar-refractivity contribution in [1.82, 2.24) is 0 Å². The average molecular weight is 152 g/mol. The second-order valence-corrected chi connectivity index (χ2v) is 4.70. The lowest BCUT2D eigenvalue weighted by Crippen LogP contribution is -2.08. The first-order chi connectivity index (χ1) is 5.36. The van der Waals surface area contributed by atoms with E-state index in [-0.39, 0.29) is 0 Å². The van der Waals surface area contributed by atoms with Crippen LogP contribution in [0.1, 0.15) is 51.9 Å². The second kappa shape index (κ2) is 3.16. The molecule has 0 amide bonds. The van der Waals surface area contributed by atoms with E-state index in [0.717, 1.165) is 17.8 Å². The summed E-state index contributed by atoms with van der Waals surface area (Å²) in [5.74, 6) is 3.25. The van der Waals surface area contributed by atoms with Crippen molar-refractivity contribution in [3.63, 3.8) is 0 Å². The number of fused-ring (bicyclic) bond motifs is 3. The molecule has 0 aromatic carbocycles. The van der Waals surface area contributed by atoms with E-state index in [4.69, 9.17) is 0 Å². The van der Waals surface area contributed by atoms with Gasteiger partial charge in [0.05, 0.1) is 0 Å². The summed E-state index contributed by atoms with van der Waals surface area (Å²) in [5, 5.41) is 0. The Morgan fingerprint density at radius 3 is 2.18 bits per heavy atom. The lowest BCUT2D eigenvalue weighted by atomic mass is 9.88. The normalized spacial score (nSPS) is 45.0. The van der Waals surface area contributed by atoms with E-state index >= 15 is 0 Å². The molecular formula is C11H20. The van der Waals surface area contributed by atoms with Crippen molar-refractivity contribution in [3.05, 3.63) is 0 Å². The Bertz CT molecular complexity index is 118. The summed E-state index contributed by atoms with van der Waals surface area (Å²) >= 11 is 0. The Balaban J connectivity index is 2.08. The monoisotopic (exact) mass is 152 g/mol. The summed E-state index contributed by atoms with van der Waals surface area (Å²) in [6, 6.07) is 0. The van der Waals surface area contributed by atoms with Crippen LogP contribution in [0.5, 0.6) is 0 Å². The molecule has 0 aliphatic heterocycles. The molecule has 1 atom stereocenters. The van der Waals surface area contributed by atoms with Crippen molar-refractivity contribution < 1.29 is 0 Å². The highest BCUT2D eigenvalue weighted by Crippen LogP contribution is 2.40. The third-order valence-corrected chi connectivity index (χ3v) is 3.88. The molecule has 0 radical (unpaired) electrons. The Kier molecular flexibility index (Phi) is 2.20. The molecule has 0 aromatic heterocycles. The van der Waals surface area contributed by atoms with Gasteiger partial charge in [0.1, 0.15) is 0 Å². The van der Waals surface area contributed by atoms with E-state index in [1.54, 1.807) is 19.3 Å². The molecule has 2 rings (SSSR count). The molecule has 0 N–H and O–H groups in total. The van der Waals surface area contributed by atoms with Gasteiger partial charge in [-0.25, -0.2) is 0 Å². The third-order valence-electron chi connectivity index (χ3n) is 3.88. The van der Waals surface area contributed by atoms with E-state index in [9.17, 15) is 0 Å². The molecule has 0 heteroatoms. The minimum absolute atomic E-state index is 1.05. The molecule has 64 valence electrons. The second-order valence-electron chi connectivity index (χ2n) is 4.70. The van der Waals surface area contributed by atoms with Gasteiger partial charge in [-0.3, -0.25) is 0 Å². The maximum absolute atomic E-state index is 2.48. The lowest BCUT2D eigenvalue weighted by Gasteiger charge is -2.18. The van der Waals surface area contributed by atoms with Gasteiger partial charge in [-0.15, -0.1) is 0 Å². The number of rotatable bonds is 0. The fourth-order valence-electron chi connectivity index (χ4n) is 3.15. The van der Waals surface area contributed by atoms with Crippen LogP contribution in [0.4, 0.5) is 0 Å². The number of hydrogen-bond acceptors (Lipinski definition) is 0. The van der Waals surface area contributed by atoms with Crippen LogP contribution in [0.2, 0.25) is 0 Å². The molecule has 0 saturated heterocycles. The summed E-state index contributed by atoms with van der Waals surface area (Å²) in [5.41, 5.74) is 0. The quantitative estimate of drug-likeness (QED) is 0.497. The Morgan fingerprint density at radius 1 is 0.909 bits per heavy atom. The van der Waals surface area contributed by atoms with Crippen LogP contribution in [0.15, 0.2) is 0 Å². The Labute approximate surface area is 70.4 Å². The van der Waals surface area contributed by atoms with E-state index in [1.807, 2.05) is 0 Å². The summed E-state index contributed by atoms with van der Waals surface area (Å²) in [6.07, 6.45) is 10.8. The summed E-state index contributed by atoms with van der Waals surface area (Å²) in [7, 11) is 0. The van der Waals surface area contributed by atoms with Gasteiger partial charge in [-0.05, 0) is 24.2 Å². The van der Waals surface area contributed by atoms with Crippen molar-refractivity contribution in [2.75, 3.05) is 0 Å². The summed E-state index contributed by atoms with van der Waals surface area (Å²) in [4.78, 5) is 0. The van der Waals surface area contributed by atoms with Crippen molar-refractivity contribution in [3.8, 4) is 0 Å². The predicted octanol–water partition coefficient (Wildman–Crippen LogP) is 3.61. The lowest BCUT2D eigenvalue weighted by molar-refractivity contribution is 0.327. The van der Waals surface area contributed by atoms with Crippen molar-refractivity contribution in [1.29, 1.82) is 0 Å². The smallest absolute Gasteiger partial charge is 0.0388 e. The van der Waals surface area contributed by atoms with Gasteiger partial charge < -0.3 is 0 Å². The van der Waals surface area contributed by atoms with E-state index in [1.165, 1.54) is 25.7 Å². The highest BCUT2D eigenvalue weighted by molar-refractivity contribution is 4.79. The van der Waals surface area contributed by atoms with Crippen LogP contribution in [-0.2, 0) is 0 Å². The molecule has 0 heterocycles. The molecule has 2 aliphatic carbocycles. The van der Waals surface area contributed by atoms with Gasteiger partial charge in [-0.2, -0.15) is 0 Å². The van der Waals surface area contributed by atoms with E-state index < -0.39 is 0 Å². The van der Waals surface area contributed by atoms with Crippen LogP contribution < -0.4 is 0 Å². The summed E-state index contributed by atoms with van der Waals surface area (Å²) in [6.45, 7) is 2.48. The maximum Gasteiger partial charge on any atom is -0.0388 e. The van der Waals surface area contributed by atoms with Gasteiger partial charge in [0, 0.05) is 0 Å². The van der Waals surface area contributed by atoms with Gasteiger partial charge in [0.25, 0.3) is 0 Å². The van der Waals surface area contributed by atoms with Gasteiger partial charge in [0.2, 0.25) is 0 Å². The Morgan fingerprint density at radius 2 is 1.55 bits per heavy atom. The highest BCUT2D eigenvalue weighted by atomic mass is 14.3. The first kappa shape index (κ1) is 7.64. The Hall–Kier alpha value is 0. The number of hydrogen-bond donors (Lipinski definition) is 0. The molecule has 0 nitrogen and oxygen atoms in total. The van der Waals surface area contributed by atoms with Crippen LogP contribution in [0, 0.1) is 17.8 Å². The van der Waals surface area contributed by atoms with Gasteiger partial charge in [-0.1, -0.05) is 45.4 Å².